The summed E-state index contributed by atoms with van der Waals surface area (Å²) in [5, 5.41) is 4.13. The summed E-state index contributed by atoms with van der Waals surface area (Å²) in [6, 6.07) is 4.64. The van der Waals surface area contributed by atoms with Gasteiger partial charge in [0.25, 0.3) is 0 Å². The molecule has 2 aliphatic rings. The largest absolute Gasteiger partial charge is 0.442 e. The van der Waals surface area contributed by atoms with Crippen LogP contribution < -0.4 is 20.5 Å². The summed E-state index contributed by atoms with van der Waals surface area (Å²) in [5.74, 6) is -0.421. The molecule has 10 heteroatoms. The van der Waals surface area contributed by atoms with Gasteiger partial charge in [-0.3, -0.25) is 19.5 Å². The molecule has 2 N–H and O–H groups in total. The summed E-state index contributed by atoms with van der Waals surface area (Å²) in [6.07, 6.45) is 0.847. The van der Waals surface area contributed by atoms with Crippen molar-refractivity contribution in [3.05, 3.63) is 24.0 Å². The first-order valence-electron chi connectivity index (χ1n) is 10.6. The Morgan fingerprint density at radius 3 is 2.68 bits per heavy atom. The summed E-state index contributed by atoms with van der Waals surface area (Å²) in [6.45, 7) is 5.36. The molecule has 0 bridgehead atoms. The molecule has 170 valence electrons. The first-order valence-corrected chi connectivity index (χ1v) is 10.6. The predicted octanol–water partition coefficient (Wildman–Crippen LogP) is 1.49. The smallest absolute Gasteiger partial charge is 0.414 e. The van der Waals surface area contributed by atoms with E-state index in [2.05, 4.69) is 10.7 Å². The van der Waals surface area contributed by atoms with Crippen LogP contribution in [0.3, 0.4) is 0 Å². The molecule has 1 atom stereocenters. The number of hydrogen-bond donors (Lipinski definition) is 2. The molecular weight excluding hydrogens is 405 g/mol. The van der Waals surface area contributed by atoms with E-state index in [1.54, 1.807) is 19.2 Å². The van der Waals surface area contributed by atoms with Crippen molar-refractivity contribution >= 4 is 29.3 Å². The predicted molar refractivity (Wildman–Crippen MR) is 114 cm³/mol. The Morgan fingerprint density at radius 1 is 1.32 bits per heavy atom. The van der Waals surface area contributed by atoms with E-state index in [1.165, 1.54) is 22.9 Å². The number of hydrogen-bond acceptors (Lipinski definition) is 6. The normalized spacial score (nSPS) is 18.0. The van der Waals surface area contributed by atoms with E-state index < -0.39 is 18.0 Å². The molecule has 1 aliphatic heterocycles. The van der Waals surface area contributed by atoms with Crippen LogP contribution in [0.2, 0.25) is 0 Å². The third-order valence-corrected chi connectivity index (χ3v) is 5.41. The van der Waals surface area contributed by atoms with E-state index in [-0.39, 0.29) is 30.8 Å². The van der Waals surface area contributed by atoms with Gasteiger partial charge in [0.2, 0.25) is 11.8 Å². The number of carbonyl (C=O) groups excluding carboxylic acids is 3. The summed E-state index contributed by atoms with van der Waals surface area (Å²) in [5.41, 5.74) is 3.89. The standard InChI is InChI=1S/C21H30FN5O4/c1-4-26(10-9-24-25(3)20(29)15-5-6-15)19-8-7-16(11-18(19)22)27-13-17(31-21(27)30)12-23-14(2)28/h7-8,11,15,17,24H,4-6,9-10,12-13H2,1-3H3,(H,23,28)/t17-/m0/s1. The van der Waals surface area contributed by atoms with Gasteiger partial charge in [-0.1, -0.05) is 0 Å². The van der Waals surface area contributed by atoms with Crippen molar-refractivity contribution in [2.45, 2.75) is 32.8 Å². The van der Waals surface area contributed by atoms with Gasteiger partial charge in [-0.05, 0) is 38.0 Å². The minimum absolute atomic E-state index is 0.0906. The van der Waals surface area contributed by atoms with Crippen LogP contribution in [0.15, 0.2) is 18.2 Å². The van der Waals surface area contributed by atoms with E-state index >= 15 is 0 Å². The number of anilines is 2. The molecule has 1 saturated heterocycles. The van der Waals surface area contributed by atoms with Gasteiger partial charge >= 0.3 is 6.09 Å². The number of hydrazine groups is 1. The second-order valence-corrected chi connectivity index (χ2v) is 7.85. The lowest BCUT2D eigenvalue weighted by Crippen LogP contribution is -2.44. The molecule has 31 heavy (non-hydrogen) atoms. The van der Waals surface area contributed by atoms with Crippen molar-refractivity contribution in [1.29, 1.82) is 0 Å². The van der Waals surface area contributed by atoms with Gasteiger partial charge in [0.05, 0.1) is 24.5 Å². The van der Waals surface area contributed by atoms with E-state index in [1.807, 2.05) is 11.8 Å². The van der Waals surface area contributed by atoms with E-state index in [0.29, 0.717) is 31.0 Å². The number of benzene rings is 1. The molecule has 3 rings (SSSR count). The van der Waals surface area contributed by atoms with Gasteiger partial charge < -0.3 is 15.0 Å². The molecule has 0 aromatic heterocycles. The van der Waals surface area contributed by atoms with Gasteiger partial charge in [-0.25, -0.2) is 14.6 Å². The zero-order valence-electron chi connectivity index (χ0n) is 18.2. The molecule has 1 aromatic carbocycles. The highest BCUT2D eigenvalue weighted by Crippen LogP contribution is 2.30. The van der Waals surface area contributed by atoms with Crippen molar-refractivity contribution in [2.75, 3.05) is 49.6 Å². The van der Waals surface area contributed by atoms with Crippen LogP contribution >= 0.6 is 0 Å². The van der Waals surface area contributed by atoms with E-state index in [0.717, 1.165) is 12.8 Å². The monoisotopic (exact) mass is 435 g/mol. The third kappa shape index (κ3) is 5.84. The third-order valence-electron chi connectivity index (χ3n) is 5.41. The highest BCUT2D eigenvalue weighted by Gasteiger charge is 2.33. The fourth-order valence-electron chi connectivity index (χ4n) is 3.50. The first-order chi connectivity index (χ1) is 14.8. The molecule has 2 fully saturated rings. The number of nitrogens with zero attached hydrogens (tertiary/aromatic N) is 3. The Bertz CT molecular complexity index is 832. The fourth-order valence-corrected chi connectivity index (χ4v) is 3.50. The molecular formula is C21H30FN5O4. The van der Waals surface area contributed by atoms with Crippen LogP contribution in [-0.4, -0.2) is 68.8 Å². The van der Waals surface area contributed by atoms with Crippen LogP contribution in [0.1, 0.15) is 26.7 Å². The van der Waals surface area contributed by atoms with E-state index in [4.69, 9.17) is 4.74 Å². The minimum Gasteiger partial charge on any atom is -0.442 e. The maximum Gasteiger partial charge on any atom is 0.414 e. The highest BCUT2D eigenvalue weighted by atomic mass is 19.1. The molecule has 1 aliphatic carbocycles. The quantitative estimate of drug-likeness (QED) is 0.541. The highest BCUT2D eigenvalue weighted by molar-refractivity contribution is 5.90. The zero-order chi connectivity index (χ0) is 22.5. The SMILES string of the molecule is CCN(CCNN(C)C(=O)C1CC1)c1ccc(N2C[C@H](CNC(C)=O)OC2=O)cc1F. The Balaban J connectivity index is 1.57. The Hall–Kier alpha value is -2.88. The molecule has 0 spiro atoms. The number of rotatable bonds is 10. The summed E-state index contributed by atoms with van der Waals surface area (Å²) >= 11 is 0. The van der Waals surface area contributed by atoms with Crippen LogP contribution in [0.5, 0.6) is 0 Å². The topological polar surface area (TPSA) is 94.2 Å². The molecule has 9 nitrogen and oxygen atoms in total. The molecule has 0 radical (unpaired) electrons. The molecule has 0 unspecified atom stereocenters. The van der Waals surface area contributed by atoms with Gasteiger partial charge in [-0.2, -0.15) is 0 Å². The number of nitrogens with one attached hydrogen (secondary N) is 2. The number of likely N-dealkylation sites (N-methyl/N-ethyl adjacent to an activating group) is 1. The molecule has 1 saturated carbocycles. The van der Waals surface area contributed by atoms with Crippen molar-refractivity contribution < 1.29 is 23.5 Å². The van der Waals surface area contributed by atoms with Crippen LogP contribution in [0, 0.1) is 11.7 Å². The van der Waals surface area contributed by atoms with Crippen LogP contribution in [0.25, 0.3) is 0 Å². The second kappa shape index (κ2) is 9.95. The average Bonchev–Trinajstić information content (AvgIpc) is 3.51. The fraction of sp³-hybridized carbons (Fsp3) is 0.571. The molecule has 3 amide bonds. The number of cyclic esters (lactones) is 1. The minimum atomic E-state index is -0.567. The molecule has 1 heterocycles. The van der Waals surface area contributed by atoms with Crippen LogP contribution in [0.4, 0.5) is 20.6 Å². The maximum absolute atomic E-state index is 14.9. The summed E-state index contributed by atoms with van der Waals surface area (Å²) in [4.78, 5) is 38.4. The lowest BCUT2D eigenvalue weighted by Gasteiger charge is -2.26. The van der Waals surface area contributed by atoms with E-state index in [9.17, 15) is 18.8 Å². The van der Waals surface area contributed by atoms with Crippen molar-refractivity contribution in [2.24, 2.45) is 5.92 Å². The van der Waals surface area contributed by atoms with Gasteiger partial charge in [0.1, 0.15) is 11.9 Å². The molecule has 1 aromatic rings. The van der Waals surface area contributed by atoms with Crippen molar-refractivity contribution in [3.63, 3.8) is 0 Å². The maximum atomic E-state index is 14.9. The van der Waals surface area contributed by atoms with Gasteiger partial charge in [-0.15, -0.1) is 0 Å². The number of carbonyl (C=O) groups is 3. The summed E-state index contributed by atoms with van der Waals surface area (Å²) in [7, 11) is 1.71. The second-order valence-electron chi connectivity index (χ2n) is 7.85. The van der Waals surface area contributed by atoms with Gasteiger partial charge in [0, 0.05) is 39.5 Å². The lowest BCUT2D eigenvalue weighted by molar-refractivity contribution is -0.134. The summed E-state index contributed by atoms with van der Waals surface area (Å²) < 4.78 is 20.1. The van der Waals surface area contributed by atoms with Crippen molar-refractivity contribution in [1.82, 2.24) is 15.8 Å². The zero-order valence-corrected chi connectivity index (χ0v) is 18.2. The van der Waals surface area contributed by atoms with Crippen molar-refractivity contribution in [3.8, 4) is 0 Å². The van der Waals surface area contributed by atoms with Gasteiger partial charge in [0.15, 0.2) is 0 Å². The Morgan fingerprint density at radius 2 is 2.06 bits per heavy atom. The number of halogens is 1. The first kappa shape index (κ1) is 22.8. The average molecular weight is 436 g/mol. The number of amides is 3. The number of ether oxygens (including phenoxy) is 1. The Kier molecular flexibility index (Phi) is 7.32. The Labute approximate surface area is 181 Å². The van der Waals surface area contributed by atoms with Crippen LogP contribution in [-0.2, 0) is 14.3 Å². The lowest BCUT2D eigenvalue weighted by atomic mass is 10.2.